The number of nitrogens with zero attached hydrogens (tertiary/aromatic N) is 2. The highest BCUT2D eigenvalue weighted by Crippen LogP contribution is 2.57. The number of aryl methyl sites for hydroxylation is 1. The Bertz CT molecular complexity index is 2460. The summed E-state index contributed by atoms with van der Waals surface area (Å²) in [5.41, 5.74) is 11.3. The van der Waals surface area contributed by atoms with Crippen LogP contribution in [0.3, 0.4) is 0 Å². The van der Waals surface area contributed by atoms with Crippen LogP contribution < -0.4 is 0 Å². The molecule has 0 spiro atoms. The molecule has 0 saturated heterocycles. The third kappa shape index (κ3) is 3.34. The average molecular weight is 565 g/mol. The van der Waals surface area contributed by atoms with Crippen molar-refractivity contribution in [2.45, 2.75) is 32.6 Å². The molecule has 7 aromatic carbocycles. The van der Waals surface area contributed by atoms with Crippen LogP contribution in [0.5, 0.6) is 0 Å². The fourth-order valence-electron chi connectivity index (χ4n) is 8.09. The zero-order valence-corrected chi connectivity index (χ0v) is 25.2. The molecule has 210 valence electrons. The minimum absolute atomic E-state index is 0.153. The maximum absolute atomic E-state index is 4.96. The maximum Gasteiger partial charge on any atom is 0.114 e. The predicted molar refractivity (Wildman–Crippen MR) is 186 cm³/mol. The number of hydrogen-bond donors (Lipinski definition) is 0. The van der Waals surface area contributed by atoms with Gasteiger partial charge in [0.05, 0.1) is 11.0 Å². The minimum atomic E-state index is -0.153. The Morgan fingerprint density at radius 3 is 1.93 bits per heavy atom. The van der Waals surface area contributed by atoms with Gasteiger partial charge in [0, 0.05) is 17.5 Å². The molecule has 1 aliphatic carbocycles. The van der Waals surface area contributed by atoms with Gasteiger partial charge in [-0.25, -0.2) is 4.98 Å². The molecule has 0 radical (unpaired) electrons. The predicted octanol–water partition coefficient (Wildman–Crippen LogP) is 11.0. The summed E-state index contributed by atoms with van der Waals surface area (Å²) in [6.45, 7) is 7.02. The Labute approximate surface area is 257 Å². The summed E-state index contributed by atoms with van der Waals surface area (Å²) in [5, 5.41) is 7.97. The topological polar surface area (TPSA) is 17.8 Å². The molecule has 0 N–H and O–H groups in total. The van der Waals surface area contributed by atoms with Crippen molar-refractivity contribution in [3.05, 3.63) is 144 Å². The van der Waals surface area contributed by atoms with Gasteiger partial charge in [-0.2, -0.15) is 0 Å². The molecule has 2 nitrogen and oxygen atoms in total. The quantitative estimate of drug-likeness (QED) is 0.195. The second-order valence-corrected chi connectivity index (χ2v) is 12.6. The summed E-state index contributed by atoms with van der Waals surface area (Å²) < 4.78 is 2.33. The Hall–Kier alpha value is -5.21. The highest BCUT2D eigenvalue weighted by atomic mass is 15.1. The number of benzene rings is 7. The molecular formula is C42H32N2. The highest BCUT2D eigenvalue weighted by molar-refractivity contribution is 6.20. The fraction of sp³-hybridized carbons (Fsp3) is 0.119. The van der Waals surface area contributed by atoms with Crippen molar-refractivity contribution in [1.82, 2.24) is 9.55 Å². The zero-order chi connectivity index (χ0) is 29.6. The van der Waals surface area contributed by atoms with E-state index < -0.39 is 0 Å². The first-order valence-corrected chi connectivity index (χ1v) is 15.6. The molecule has 9 rings (SSSR count). The molecule has 1 aliphatic rings. The van der Waals surface area contributed by atoms with E-state index in [1.54, 1.807) is 0 Å². The van der Waals surface area contributed by atoms with Crippen LogP contribution in [-0.2, 0) is 11.8 Å². The summed E-state index contributed by atoms with van der Waals surface area (Å²) in [4.78, 5) is 4.96. The zero-order valence-electron chi connectivity index (χ0n) is 25.2. The number of para-hydroxylation sites is 2. The van der Waals surface area contributed by atoms with Gasteiger partial charge in [0.1, 0.15) is 5.82 Å². The van der Waals surface area contributed by atoms with E-state index in [1.807, 2.05) is 0 Å². The minimum Gasteiger partial charge on any atom is -0.296 e. The van der Waals surface area contributed by atoms with E-state index in [0.717, 1.165) is 29.0 Å². The molecule has 8 aromatic rings. The molecule has 1 aromatic heterocycles. The third-order valence-corrected chi connectivity index (χ3v) is 9.86. The largest absolute Gasteiger partial charge is 0.296 e. The van der Waals surface area contributed by atoms with Crippen LogP contribution in [0.4, 0.5) is 0 Å². The molecule has 0 amide bonds. The second kappa shape index (κ2) is 9.14. The van der Waals surface area contributed by atoms with Gasteiger partial charge in [-0.15, -0.1) is 0 Å². The number of imidazole rings is 1. The monoisotopic (exact) mass is 564 g/mol. The van der Waals surface area contributed by atoms with Crippen molar-refractivity contribution in [2.24, 2.45) is 0 Å². The van der Waals surface area contributed by atoms with Gasteiger partial charge in [-0.05, 0) is 96.0 Å². The van der Waals surface area contributed by atoms with Gasteiger partial charge in [-0.1, -0.05) is 118 Å². The normalized spacial score (nSPS) is 13.6. The number of rotatable bonds is 3. The lowest BCUT2D eigenvalue weighted by atomic mass is 9.77. The molecule has 44 heavy (non-hydrogen) atoms. The lowest BCUT2D eigenvalue weighted by Crippen LogP contribution is -2.16. The maximum atomic E-state index is 4.96. The van der Waals surface area contributed by atoms with Crippen molar-refractivity contribution < 1.29 is 0 Å². The van der Waals surface area contributed by atoms with Crippen molar-refractivity contribution in [2.75, 3.05) is 0 Å². The molecule has 0 unspecified atom stereocenters. The molecule has 0 bridgehead atoms. The van der Waals surface area contributed by atoms with Crippen LogP contribution in [0.2, 0.25) is 0 Å². The van der Waals surface area contributed by atoms with Gasteiger partial charge in [0.25, 0.3) is 0 Å². The van der Waals surface area contributed by atoms with Crippen LogP contribution in [0, 0.1) is 0 Å². The third-order valence-electron chi connectivity index (χ3n) is 9.86. The van der Waals surface area contributed by atoms with Crippen molar-refractivity contribution >= 4 is 43.4 Å². The van der Waals surface area contributed by atoms with Gasteiger partial charge in [0.15, 0.2) is 0 Å². The van der Waals surface area contributed by atoms with Crippen molar-refractivity contribution in [3.63, 3.8) is 0 Å². The first-order valence-electron chi connectivity index (χ1n) is 15.6. The van der Waals surface area contributed by atoms with Gasteiger partial charge in [0.2, 0.25) is 0 Å². The van der Waals surface area contributed by atoms with E-state index in [4.69, 9.17) is 4.98 Å². The van der Waals surface area contributed by atoms with Gasteiger partial charge < -0.3 is 0 Å². The van der Waals surface area contributed by atoms with E-state index >= 15 is 0 Å². The molecule has 2 heteroatoms. The summed E-state index contributed by atoms with van der Waals surface area (Å²) in [6, 6.07) is 46.9. The summed E-state index contributed by atoms with van der Waals surface area (Å²) in [6.07, 6.45) is 0.869. The molecular weight excluding hydrogens is 532 g/mol. The smallest absolute Gasteiger partial charge is 0.114 e. The highest BCUT2D eigenvalue weighted by Gasteiger charge is 2.40. The Balaban J connectivity index is 1.37. The molecule has 0 aliphatic heterocycles. The van der Waals surface area contributed by atoms with Crippen molar-refractivity contribution in [3.8, 4) is 27.9 Å². The van der Waals surface area contributed by atoms with E-state index in [2.05, 4.69) is 153 Å². The second-order valence-electron chi connectivity index (χ2n) is 12.6. The molecule has 0 fully saturated rings. The lowest BCUT2D eigenvalue weighted by molar-refractivity contribution is 0.672. The number of hydrogen-bond acceptors (Lipinski definition) is 1. The lowest BCUT2D eigenvalue weighted by Gasteiger charge is -2.25. The van der Waals surface area contributed by atoms with Crippen LogP contribution in [0.1, 0.15) is 37.7 Å². The van der Waals surface area contributed by atoms with Crippen LogP contribution in [0.25, 0.3) is 71.3 Å². The SMILES string of the molecule is CCc1nc2ccccc2n1-c1cccc(-c2cc3c(c4ccccc24)C(C)(C)c2c-3c3ccccc3c3ccccc23)c1. The van der Waals surface area contributed by atoms with Crippen LogP contribution >= 0.6 is 0 Å². The summed E-state index contributed by atoms with van der Waals surface area (Å²) >= 11 is 0. The number of aromatic nitrogens is 2. The Morgan fingerprint density at radius 2 is 1.18 bits per heavy atom. The first kappa shape index (κ1) is 25.3. The van der Waals surface area contributed by atoms with Crippen molar-refractivity contribution in [1.29, 1.82) is 0 Å². The average Bonchev–Trinajstić information content (AvgIpc) is 3.57. The van der Waals surface area contributed by atoms with E-state index in [1.165, 1.54) is 65.7 Å². The van der Waals surface area contributed by atoms with E-state index in [0.29, 0.717) is 0 Å². The Kier molecular flexibility index (Phi) is 5.26. The standard InChI is InChI=1S/C42H32N2/c1-4-38-43-36-22-11-12-23-37(36)44(38)27-15-13-14-26(24-27)34-25-35-39-31-19-8-5-16-28(31)29-17-6-10-21-33(29)41(39)42(2,3)40(35)32-20-9-7-18-30(32)34/h5-25H,4H2,1-3H3. The Morgan fingerprint density at radius 1 is 0.568 bits per heavy atom. The molecule has 0 atom stereocenters. The fourth-order valence-corrected chi connectivity index (χ4v) is 8.09. The molecule has 0 saturated carbocycles. The van der Waals surface area contributed by atoms with E-state index in [-0.39, 0.29) is 5.41 Å². The molecule has 1 heterocycles. The number of fused-ring (bicyclic) bond motifs is 11. The summed E-state index contributed by atoms with van der Waals surface area (Å²) in [5.74, 6) is 1.08. The first-order chi connectivity index (χ1) is 21.6. The van der Waals surface area contributed by atoms with Gasteiger partial charge >= 0.3 is 0 Å². The summed E-state index contributed by atoms with van der Waals surface area (Å²) in [7, 11) is 0. The van der Waals surface area contributed by atoms with Crippen LogP contribution in [-0.4, -0.2) is 9.55 Å². The van der Waals surface area contributed by atoms with Crippen LogP contribution in [0.15, 0.2) is 127 Å². The van der Waals surface area contributed by atoms with E-state index in [9.17, 15) is 0 Å². The van der Waals surface area contributed by atoms with Gasteiger partial charge in [-0.3, -0.25) is 4.57 Å².